The zero-order valence-electron chi connectivity index (χ0n) is 16.0. The molecule has 0 aliphatic heterocycles. The van der Waals surface area contributed by atoms with Crippen LogP contribution in [-0.4, -0.2) is 48.5 Å². The summed E-state index contributed by atoms with van der Waals surface area (Å²) in [5.41, 5.74) is 0.182. The molecule has 0 amide bonds. The third-order valence-electron chi connectivity index (χ3n) is 3.82. The molecule has 2 heterocycles. The molecule has 0 spiro atoms. The van der Waals surface area contributed by atoms with Crippen molar-refractivity contribution in [3.05, 3.63) is 72.1 Å². The molecule has 0 saturated heterocycles. The van der Waals surface area contributed by atoms with Crippen LogP contribution in [0.25, 0.3) is 21.8 Å². The third kappa shape index (κ3) is 6.59. The number of nitrogens with zero attached hydrogens (tertiary/aromatic N) is 2. The molecular formula is C20H18N2NiO9. The summed E-state index contributed by atoms with van der Waals surface area (Å²) in [6.45, 7) is 0. The van der Waals surface area contributed by atoms with Crippen LogP contribution in [0.5, 0.6) is 11.5 Å². The van der Waals surface area contributed by atoms with Crippen molar-refractivity contribution in [1.29, 1.82) is 0 Å². The fourth-order valence-corrected chi connectivity index (χ4v) is 2.49. The summed E-state index contributed by atoms with van der Waals surface area (Å²) in [5, 5.41) is 41.2. The number of hydrogen-bond donors (Lipinski definition) is 2. The Morgan fingerprint density at radius 1 is 0.625 bits per heavy atom. The molecule has 172 valence electrons. The van der Waals surface area contributed by atoms with Gasteiger partial charge in [-0.05, 0) is 24.3 Å². The Morgan fingerprint density at radius 3 is 1.28 bits per heavy atom. The van der Waals surface area contributed by atoms with Crippen LogP contribution in [0, 0.1) is 0 Å². The molecule has 2 aromatic carbocycles. The van der Waals surface area contributed by atoms with Gasteiger partial charge in [-0.3, -0.25) is 0 Å². The third-order valence-corrected chi connectivity index (χ3v) is 3.82. The summed E-state index contributed by atoms with van der Waals surface area (Å²) in [5.74, 6) is -2.78. The van der Waals surface area contributed by atoms with Gasteiger partial charge in [-0.1, -0.05) is 36.4 Å². The van der Waals surface area contributed by atoms with Gasteiger partial charge >= 0.3 is 16.5 Å². The maximum absolute atomic E-state index is 10.5. The van der Waals surface area contributed by atoms with Gasteiger partial charge < -0.3 is 46.4 Å². The normalized spacial score (nSPS) is 9.00. The zero-order valence-corrected chi connectivity index (χ0v) is 17.0. The summed E-state index contributed by atoms with van der Waals surface area (Å²) < 4.78 is 0. The minimum Gasteiger partial charge on any atom is -0.543 e. The Labute approximate surface area is 190 Å². The smallest absolute Gasteiger partial charge is 0.543 e. The van der Waals surface area contributed by atoms with Crippen molar-refractivity contribution < 1.29 is 62.9 Å². The van der Waals surface area contributed by atoms with E-state index in [1.165, 1.54) is 24.3 Å². The predicted octanol–water partition coefficient (Wildman–Crippen LogP) is -1.87. The van der Waals surface area contributed by atoms with E-state index in [1.54, 1.807) is 36.4 Å². The van der Waals surface area contributed by atoms with Crippen molar-refractivity contribution in [2.75, 3.05) is 0 Å². The van der Waals surface area contributed by atoms with E-state index >= 15 is 0 Å². The minimum atomic E-state index is -1.35. The van der Waals surface area contributed by atoms with Gasteiger partial charge in [0.1, 0.15) is 22.5 Å². The average Bonchev–Trinajstić information content (AvgIpc) is 2.68. The van der Waals surface area contributed by atoms with Crippen LogP contribution < -0.4 is 10.2 Å². The minimum absolute atomic E-state index is 0. The van der Waals surface area contributed by atoms with E-state index < -0.39 is 11.9 Å². The number of carboxylic acids is 2. The zero-order chi connectivity index (χ0) is 20.3. The number of rotatable bonds is 2. The van der Waals surface area contributed by atoms with Crippen LogP contribution in [0.2, 0.25) is 0 Å². The number of aromatic nitrogens is 2. The predicted molar refractivity (Wildman–Crippen MR) is 106 cm³/mol. The van der Waals surface area contributed by atoms with E-state index in [-0.39, 0.29) is 66.8 Å². The number of aromatic carboxylic acids is 2. The first-order chi connectivity index (χ1) is 13.4. The quantitative estimate of drug-likeness (QED) is 0.302. The molecule has 0 saturated carbocycles. The molecule has 4 rings (SSSR count). The molecule has 11 nitrogen and oxygen atoms in total. The van der Waals surface area contributed by atoms with Crippen molar-refractivity contribution >= 4 is 33.7 Å². The van der Waals surface area contributed by atoms with Gasteiger partial charge in [-0.25, -0.2) is 9.97 Å². The van der Waals surface area contributed by atoms with E-state index in [9.17, 15) is 30.0 Å². The van der Waals surface area contributed by atoms with Gasteiger partial charge in [0.05, 0.1) is 23.3 Å². The second-order valence-corrected chi connectivity index (χ2v) is 5.67. The molecule has 0 atom stereocenters. The van der Waals surface area contributed by atoms with Gasteiger partial charge in [0.2, 0.25) is 0 Å². The topological polar surface area (TPSA) is 241 Å². The maximum atomic E-state index is 10.5. The van der Waals surface area contributed by atoms with Crippen molar-refractivity contribution in [2.45, 2.75) is 0 Å². The van der Waals surface area contributed by atoms with Crippen LogP contribution >= 0.6 is 0 Å². The summed E-state index contributed by atoms with van der Waals surface area (Å²) in [6, 6.07) is 15.6. The number of aromatic hydroxyl groups is 2. The number of phenols is 2. The molecule has 32 heavy (non-hydrogen) atoms. The molecule has 0 aliphatic carbocycles. The number of carboxylic acid groups (broad SMARTS) is 2. The van der Waals surface area contributed by atoms with Crippen molar-refractivity contribution in [1.82, 2.24) is 9.97 Å². The van der Waals surface area contributed by atoms with Crippen LogP contribution in [0.1, 0.15) is 21.0 Å². The monoisotopic (exact) mass is 488 g/mol. The fourth-order valence-electron chi connectivity index (χ4n) is 2.49. The number of benzene rings is 2. The molecule has 0 aliphatic rings. The standard InChI is InChI=1S/2C10H7NO3.Ni.3H2O/c2*12-8-3-1-2-6-4-5-7(10(13)14)11-9(6)8;;;;/h2*1-5,12H,(H,13,14);;3*1H2/q;;+2;;;/p-2. The fraction of sp³-hybridized carbons (Fsp3) is 0. The average molecular weight is 489 g/mol. The summed E-state index contributed by atoms with van der Waals surface area (Å²) in [6.07, 6.45) is 0. The second kappa shape index (κ2) is 12.8. The van der Waals surface area contributed by atoms with E-state index in [0.717, 1.165) is 0 Å². The number of hydrogen-bond acceptors (Lipinski definition) is 8. The molecule has 2 aromatic heterocycles. The Balaban J connectivity index is 0. The first-order valence-electron chi connectivity index (χ1n) is 7.97. The van der Waals surface area contributed by atoms with Gasteiger partial charge in [-0.2, -0.15) is 0 Å². The Kier molecular flexibility index (Phi) is 12.1. The number of pyridine rings is 2. The van der Waals surface area contributed by atoms with E-state index in [4.69, 9.17) is 0 Å². The first-order valence-corrected chi connectivity index (χ1v) is 7.97. The van der Waals surface area contributed by atoms with Crippen LogP contribution in [0.15, 0.2) is 60.7 Å². The number of carbonyl (C=O) groups is 2. The summed E-state index contributed by atoms with van der Waals surface area (Å²) >= 11 is 0. The molecular weight excluding hydrogens is 471 g/mol. The molecule has 4 aromatic rings. The van der Waals surface area contributed by atoms with Gasteiger partial charge in [-0.15, -0.1) is 0 Å². The van der Waals surface area contributed by atoms with Crippen LogP contribution in [0.3, 0.4) is 0 Å². The van der Waals surface area contributed by atoms with Crippen LogP contribution in [-0.2, 0) is 16.5 Å². The van der Waals surface area contributed by atoms with E-state index in [2.05, 4.69) is 9.97 Å². The largest absolute Gasteiger partial charge is 2.00 e. The Hall–Kier alpha value is -3.83. The summed E-state index contributed by atoms with van der Waals surface area (Å²) in [4.78, 5) is 28.5. The van der Waals surface area contributed by atoms with E-state index in [0.29, 0.717) is 10.8 Å². The van der Waals surface area contributed by atoms with E-state index in [1.807, 2.05) is 0 Å². The molecule has 8 N–H and O–H groups in total. The molecule has 0 unspecified atom stereocenters. The molecule has 0 fully saturated rings. The van der Waals surface area contributed by atoms with Crippen molar-refractivity contribution in [3.8, 4) is 11.5 Å². The van der Waals surface area contributed by atoms with Crippen LogP contribution in [0.4, 0.5) is 0 Å². The molecule has 0 radical (unpaired) electrons. The number of phenolic OH excluding ortho intramolecular Hbond substituents is 2. The first kappa shape index (κ1) is 30.4. The number of para-hydroxylation sites is 2. The molecule has 12 heteroatoms. The van der Waals surface area contributed by atoms with Gasteiger partial charge in [0.15, 0.2) is 0 Å². The van der Waals surface area contributed by atoms with Gasteiger partial charge in [0, 0.05) is 10.8 Å². The van der Waals surface area contributed by atoms with Crippen molar-refractivity contribution in [3.63, 3.8) is 0 Å². The number of carbonyl (C=O) groups excluding carboxylic acids is 2. The van der Waals surface area contributed by atoms with Crippen molar-refractivity contribution in [2.24, 2.45) is 0 Å². The second-order valence-electron chi connectivity index (χ2n) is 5.67. The molecule has 0 bridgehead atoms. The maximum Gasteiger partial charge on any atom is 2.00 e. The number of fused-ring (bicyclic) bond motifs is 2. The Bertz CT molecular complexity index is 1120. The summed E-state index contributed by atoms with van der Waals surface area (Å²) in [7, 11) is 0. The SMILES string of the molecule is O.O.O.O=C([O-])c1ccc2cccc(O)c2n1.O=C([O-])c1ccc2cccc(O)c2n1.[Ni+2]. The Morgan fingerprint density at radius 2 is 0.969 bits per heavy atom. The van der Waals surface area contributed by atoms with Gasteiger partial charge in [0.25, 0.3) is 0 Å².